The molecule has 10 heteroatoms. The number of fused-ring (bicyclic) bond motifs is 1. The number of H-pyrrole nitrogens is 1. The van der Waals surface area contributed by atoms with Crippen LogP contribution in [-0.4, -0.2) is 20.0 Å². The molecular weight excluding hydrogens is 464 g/mol. The Morgan fingerprint density at radius 1 is 1.06 bits per heavy atom. The summed E-state index contributed by atoms with van der Waals surface area (Å²) in [6, 6.07) is 15.6. The number of hydrogen-bond donors (Lipinski definition) is 3. The van der Waals surface area contributed by atoms with Crippen LogP contribution in [0.1, 0.15) is 5.56 Å². The molecule has 0 aliphatic heterocycles. The fourth-order valence-electron chi connectivity index (χ4n) is 3.68. The molecular formula is C23H18Cl2FN7. The van der Waals surface area contributed by atoms with Crippen molar-refractivity contribution in [1.29, 1.82) is 0 Å². The van der Waals surface area contributed by atoms with E-state index in [9.17, 15) is 4.39 Å². The summed E-state index contributed by atoms with van der Waals surface area (Å²) >= 11 is 12.3. The Kier molecular flexibility index (Phi) is 5.41. The minimum atomic E-state index is -0.401. The van der Waals surface area contributed by atoms with Crippen molar-refractivity contribution in [1.82, 2.24) is 20.0 Å². The lowest BCUT2D eigenvalue weighted by Gasteiger charge is -2.22. The normalized spacial score (nSPS) is 11.3. The third-order valence-corrected chi connectivity index (χ3v) is 5.97. The Labute approximate surface area is 198 Å². The van der Waals surface area contributed by atoms with Gasteiger partial charge in [0.2, 0.25) is 0 Å². The largest absolute Gasteiger partial charge is 0.396 e. The zero-order valence-electron chi connectivity index (χ0n) is 17.1. The Morgan fingerprint density at radius 3 is 2.73 bits per heavy atom. The van der Waals surface area contributed by atoms with Crippen molar-refractivity contribution in [3.05, 3.63) is 88.4 Å². The number of aromatic nitrogens is 4. The lowest BCUT2D eigenvalue weighted by Crippen LogP contribution is -2.26. The van der Waals surface area contributed by atoms with E-state index in [1.807, 2.05) is 30.3 Å². The monoisotopic (exact) mass is 481 g/mol. The van der Waals surface area contributed by atoms with Crippen molar-refractivity contribution in [2.24, 2.45) is 5.84 Å². The number of nitrogens with two attached hydrogens (primary N) is 2. The standard InChI is InChI=1S/C23H18Cl2FN7/c24-16-3-1-14(19(26)9-16)12-32-21(5-6-30-32)15-7-18(25)23(27)22(8-15)33(28)17-4-2-13-11-29-31-20(13)10-17/h1-11H,12,27-28H2,(H,29,31). The van der Waals surface area contributed by atoms with Crippen molar-refractivity contribution in [2.75, 3.05) is 10.7 Å². The highest BCUT2D eigenvalue weighted by Crippen LogP contribution is 2.38. The van der Waals surface area contributed by atoms with Gasteiger partial charge >= 0.3 is 0 Å². The predicted octanol–water partition coefficient (Wildman–Crippen LogP) is 5.51. The van der Waals surface area contributed by atoms with Crippen LogP contribution in [0.5, 0.6) is 0 Å². The lowest BCUT2D eigenvalue weighted by atomic mass is 10.1. The first-order chi connectivity index (χ1) is 15.9. The minimum absolute atomic E-state index is 0.214. The van der Waals surface area contributed by atoms with E-state index in [1.165, 1.54) is 11.1 Å². The SMILES string of the molecule is Nc1c(Cl)cc(-c2ccnn2Cc2ccc(Cl)cc2F)cc1N(N)c1ccc2cn[nH]c2c1. The molecule has 7 nitrogen and oxygen atoms in total. The van der Waals surface area contributed by atoms with Gasteiger partial charge in [-0.3, -0.25) is 14.8 Å². The smallest absolute Gasteiger partial charge is 0.129 e. The maximum atomic E-state index is 14.3. The molecule has 0 fully saturated rings. The Bertz CT molecular complexity index is 1480. The molecule has 0 bridgehead atoms. The zero-order chi connectivity index (χ0) is 23.1. The van der Waals surface area contributed by atoms with E-state index in [1.54, 1.807) is 35.3 Å². The van der Waals surface area contributed by atoms with E-state index in [2.05, 4.69) is 15.3 Å². The van der Waals surface area contributed by atoms with E-state index in [0.29, 0.717) is 32.7 Å². The number of aromatic amines is 1. The van der Waals surface area contributed by atoms with Gasteiger partial charge in [-0.15, -0.1) is 0 Å². The summed E-state index contributed by atoms with van der Waals surface area (Å²) in [6.45, 7) is 0.214. The van der Waals surface area contributed by atoms with Gasteiger partial charge in [-0.2, -0.15) is 10.2 Å². The number of nitrogens with zero attached hydrogens (tertiary/aromatic N) is 4. The fourth-order valence-corrected chi connectivity index (χ4v) is 4.05. The summed E-state index contributed by atoms with van der Waals surface area (Å²) in [5, 5.41) is 14.4. The fraction of sp³-hybridized carbons (Fsp3) is 0.0435. The summed E-state index contributed by atoms with van der Waals surface area (Å²) < 4.78 is 16.0. The van der Waals surface area contributed by atoms with Crippen LogP contribution < -0.4 is 16.6 Å². The van der Waals surface area contributed by atoms with Gasteiger partial charge in [0.1, 0.15) is 5.82 Å². The minimum Gasteiger partial charge on any atom is -0.396 e. The molecule has 0 saturated heterocycles. The van der Waals surface area contributed by atoms with Crippen LogP contribution in [0.15, 0.2) is 67.0 Å². The average Bonchev–Trinajstić information content (AvgIpc) is 3.46. The van der Waals surface area contributed by atoms with Crippen LogP contribution in [0, 0.1) is 5.82 Å². The number of halogens is 3. The molecule has 2 heterocycles. The Morgan fingerprint density at radius 2 is 1.91 bits per heavy atom. The Balaban J connectivity index is 1.54. The van der Waals surface area contributed by atoms with E-state index < -0.39 is 5.82 Å². The number of benzene rings is 3. The first-order valence-corrected chi connectivity index (χ1v) is 10.7. The molecule has 0 atom stereocenters. The maximum absolute atomic E-state index is 14.3. The zero-order valence-corrected chi connectivity index (χ0v) is 18.6. The van der Waals surface area contributed by atoms with Gasteiger partial charge in [-0.1, -0.05) is 29.3 Å². The molecule has 0 spiro atoms. The van der Waals surface area contributed by atoms with E-state index in [4.69, 9.17) is 34.8 Å². The number of anilines is 3. The number of hydrogen-bond acceptors (Lipinski definition) is 5. The molecule has 0 aliphatic rings. The quantitative estimate of drug-likeness (QED) is 0.174. The third-order valence-electron chi connectivity index (χ3n) is 5.42. The number of nitrogen functional groups attached to an aromatic ring is 1. The van der Waals surface area contributed by atoms with Gasteiger partial charge in [0.05, 0.1) is 46.0 Å². The number of rotatable bonds is 5. The number of nitrogens with one attached hydrogen (secondary N) is 1. The summed E-state index contributed by atoms with van der Waals surface area (Å²) in [5.74, 6) is 6.04. The van der Waals surface area contributed by atoms with Crippen molar-refractivity contribution >= 4 is 51.2 Å². The molecule has 5 N–H and O–H groups in total. The predicted molar refractivity (Wildman–Crippen MR) is 130 cm³/mol. The van der Waals surface area contributed by atoms with Crippen molar-refractivity contribution in [2.45, 2.75) is 6.54 Å². The topological polar surface area (TPSA) is 102 Å². The van der Waals surface area contributed by atoms with E-state index in [-0.39, 0.29) is 6.54 Å². The second-order valence-electron chi connectivity index (χ2n) is 7.51. The van der Waals surface area contributed by atoms with Crippen LogP contribution in [0.4, 0.5) is 21.5 Å². The molecule has 3 aromatic carbocycles. The van der Waals surface area contributed by atoms with Crippen LogP contribution >= 0.6 is 23.2 Å². The van der Waals surface area contributed by atoms with Crippen LogP contribution in [-0.2, 0) is 6.54 Å². The van der Waals surface area contributed by atoms with Crippen LogP contribution in [0.3, 0.4) is 0 Å². The summed E-state index contributed by atoms with van der Waals surface area (Å²) in [4.78, 5) is 0. The first-order valence-electron chi connectivity index (χ1n) is 9.94. The molecule has 33 heavy (non-hydrogen) atoms. The van der Waals surface area contributed by atoms with Gasteiger partial charge < -0.3 is 5.73 Å². The second-order valence-corrected chi connectivity index (χ2v) is 8.36. The highest BCUT2D eigenvalue weighted by atomic mass is 35.5. The van der Waals surface area contributed by atoms with Crippen LogP contribution in [0.25, 0.3) is 22.2 Å². The summed E-state index contributed by atoms with van der Waals surface area (Å²) in [7, 11) is 0. The molecule has 5 aromatic rings. The van der Waals surface area contributed by atoms with Gasteiger partial charge in [0, 0.05) is 27.7 Å². The van der Waals surface area contributed by atoms with Crippen molar-refractivity contribution in [3.8, 4) is 11.3 Å². The van der Waals surface area contributed by atoms with E-state index >= 15 is 0 Å². The Hall–Kier alpha value is -3.59. The molecule has 0 aliphatic carbocycles. The van der Waals surface area contributed by atoms with E-state index in [0.717, 1.165) is 22.2 Å². The molecule has 0 unspecified atom stereocenters. The maximum Gasteiger partial charge on any atom is 0.129 e. The lowest BCUT2D eigenvalue weighted by molar-refractivity contribution is 0.587. The van der Waals surface area contributed by atoms with Gasteiger partial charge in [-0.05, 0) is 48.5 Å². The molecule has 166 valence electrons. The molecule has 2 aromatic heterocycles. The number of hydrazine groups is 1. The van der Waals surface area contributed by atoms with Gasteiger partial charge in [-0.25, -0.2) is 10.2 Å². The third kappa shape index (κ3) is 4.00. The first kappa shape index (κ1) is 21.3. The van der Waals surface area contributed by atoms with Gasteiger partial charge in [0.15, 0.2) is 0 Å². The van der Waals surface area contributed by atoms with Crippen LogP contribution in [0.2, 0.25) is 10.0 Å². The average molecular weight is 482 g/mol. The summed E-state index contributed by atoms with van der Waals surface area (Å²) in [5.41, 5.74) is 10.6. The molecule has 5 rings (SSSR count). The van der Waals surface area contributed by atoms with Gasteiger partial charge in [0.25, 0.3) is 0 Å². The van der Waals surface area contributed by atoms with Crippen molar-refractivity contribution in [3.63, 3.8) is 0 Å². The molecule has 0 saturated carbocycles. The molecule has 0 radical (unpaired) electrons. The molecule has 0 amide bonds. The highest BCUT2D eigenvalue weighted by molar-refractivity contribution is 6.34. The highest BCUT2D eigenvalue weighted by Gasteiger charge is 2.17. The summed E-state index contributed by atoms with van der Waals surface area (Å²) in [6.07, 6.45) is 3.37. The van der Waals surface area contributed by atoms with Crippen molar-refractivity contribution < 1.29 is 4.39 Å². The second kappa shape index (κ2) is 8.40.